The maximum absolute atomic E-state index is 13.8. The minimum Gasteiger partial charge on any atom is -0.458 e. The molecule has 0 spiro atoms. The summed E-state index contributed by atoms with van der Waals surface area (Å²) in [4.78, 5) is 48.5. The third kappa shape index (κ3) is 11.9. The standard InChI is InChI=1S/C25H23F5O10.C8H8F3N/c1-12(21(32)36-9-14-7-5-4-6-8-14)38-22(33)13(2)39-24(35)37-11-25(3,10-31)23(34)40-20-18(29)16(27)15(26)17(28)19(20)30;9-8(10,11)7-3-1-2-6(4-7)5-12/h4-8,12-13,31H,9-11H2,1-3H3;1-4H,5,12H2. The molecule has 0 radical (unpaired) electrons. The number of nitrogens with two attached hydrogens (primary N) is 1. The molecule has 0 amide bonds. The Bertz CT molecular complexity index is 1700. The van der Waals surface area contributed by atoms with Gasteiger partial charge in [0, 0.05) is 6.54 Å². The molecule has 0 saturated heterocycles. The molecular weight excluding hydrogens is 722 g/mol. The van der Waals surface area contributed by atoms with Gasteiger partial charge in [0.15, 0.2) is 12.2 Å². The number of aliphatic hydroxyl groups is 1. The molecule has 11 nitrogen and oxygen atoms in total. The molecule has 284 valence electrons. The second-order valence-electron chi connectivity index (χ2n) is 10.9. The van der Waals surface area contributed by atoms with Gasteiger partial charge in [0.1, 0.15) is 18.6 Å². The first-order chi connectivity index (χ1) is 24.2. The van der Waals surface area contributed by atoms with Crippen LogP contribution in [0.5, 0.6) is 5.75 Å². The Hall–Kier alpha value is -5.30. The molecular formula is C33H31F8NO10. The lowest BCUT2D eigenvalue weighted by Crippen LogP contribution is -2.41. The number of benzene rings is 3. The normalized spacial score (nSPS) is 13.3. The molecule has 0 heterocycles. The highest BCUT2D eigenvalue weighted by Gasteiger charge is 2.40. The molecule has 3 atom stereocenters. The van der Waals surface area contributed by atoms with Crippen molar-refractivity contribution >= 4 is 24.1 Å². The summed E-state index contributed by atoms with van der Waals surface area (Å²) >= 11 is 0. The van der Waals surface area contributed by atoms with E-state index in [0.29, 0.717) is 11.1 Å². The quantitative estimate of drug-likeness (QED) is 0.0586. The lowest BCUT2D eigenvalue weighted by Gasteiger charge is -2.24. The van der Waals surface area contributed by atoms with Gasteiger partial charge in [-0.2, -0.15) is 22.0 Å². The molecule has 0 aliphatic heterocycles. The first-order valence-corrected chi connectivity index (χ1v) is 14.7. The van der Waals surface area contributed by atoms with Crippen LogP contribution in [-0.4, -0.2) is 54.6 Å². The summed E-state index contributed by atoms with van der Waals surface area (Å²) in [7, 11) is 0. The first-order valence-electron chi connectivity index (χ1n) is 14.7. The second-order valence-corrected chi connectivity index (χ2v) is 10.9. The minimum absolute atomic E-state index is 0.0870. The van der Waals surface area contributed by atoms with Crippen molar-refractivity contribution in [1.82, 2.24) is 0 Å². The lowest BCUT2D eigenvalue weighted by molar-refractivity contribution is -0.173. The maximum atomic E-state index is 13.8. The van der Waals surface area contributed by atoms with Gasteiger partial charge in [0.2, 0.25) is 34.8 Å². The summed E-state index contributed by atoms with van der Waals surface area (Å²) in [6, 6.07) is 13.6. The highest BCUT2D eigenvalue weighted by molar-refractivity contribution is 5.82. The molecule has 19 heteroatoms. The summed E-state index contributed by atoms with van der Waals surface area (Å²) in [5.74, 6) is -17.9. The van der Waals surface area contributed by atoms with Crippen molar-refractivity contribution in [2.75, 3.05) is 13.2 Å². The number of halogens is 8. The molecule has 3 rings (SSSR count). The maximum Gasteiger partial charge on any atom is 0.509 e. The van der Waals surface area contributed by atoms with Gasteiger partial charge in [0.25, 0.3) is 0 Å². The lowest BCUT2D eigenvalue weighted by atomic mass is 9.93. The van der Waals surface area contributed by atoms with Crippen LogP contribution in [0.2, 0.25) is 0 Å². The fourth-order valence-electron chi connectivity index (χ4n) is 3.54. The predicted octanol–water partition coefficient (Wildman–Crippen LogP) is 5.67. The minimum atomic E-state index is -4.27. The third-order valence-corrected chi connectivity index (χ3v) is 6.66. The van der Waals surface area contributed by atoms with Crippen molar-refractivity contribution in [3.8, 4) is 5.75 Å². The average Bonchev–Trinajstić information content (AvgIpc) is 3.12. The van der Waals surface area contributed by atoms with Gasteiger partial charge < -0.3 is 34.5 Å². The van der Waals surface area contributed by atoms with Gasteiger partial charge in [0.05, 0.1) is 12.2 Å². The number of carbonyl (C=O) groups excluding carboxylic acids is 4. The van der Waals surface area contributed by atoms with E-state index in [1.807, 2.05) is 0 Å². The Morgan fingerprint density at radius 3 is 1.83 bits per heavy atom. The van der Waals surface area contributed by atoms with Crippen LogP contribution in [-0.2, 0) is 52.7 Å². The molecule has 3 N–H and O–H groups in total. The fraction of sp³-hybridized carbons (Fsp3) is 0.333. The van der Waals surface area contributed by atoms with E-state index in [-0.39, 0.29) is 13.2 Å². The molecule has 52 heavy (non-hydrogen) atoms. The summed E-state index contributed by atoms with van der Waals surface area (Å²) < 4.78 is 127. The molecule has 0 saturated carbocycles. The molecule has 0 bridgehead atoms. The molecule has 3 aromatic rings. The van der Waals surface area contributed by atoms with Gasteiger partial charge >= 0.3 is 30.2 Å². The zero-order chi connectivity index (χ0) is 39.4. The Kier molecular flexibility index (Phi) is 15.5. The number of alkyl halides is 3. The van der Waals surface area contributed by atoms with Crippen LogP contribution >= 0.6 is 0 Å². The van der Waals surface area contributed by atoms with Gasteiger partial charge in [-0.1, -0.05) is 48.5 Å². The van der Waals surface area contributed by atoms with E-state index >= 15 is 0 Å². The number of ether oxygens (including phenoxy) is 5. The van der Waals surface area contributed by atoms with Gasteiger partial charge in [-0.05, 0) is 38.0 Å². The van der Waals surface area contributed by atoms with Crippen LogP contribution in [0.1, 0.15) is 37.5 Å². The predicted molar refractivity (Wildman–Crippen MR) is 160 cm³/mol. The topological polar surface area (TPSA) is 161 Å². The third-order valence-electron chi connectivity index (χ3n) is 6.66. The molecule has 3 aromatic carbocycles. The monoisotopic (exact) mass is 753 g/mol. The van der Waals surface area contributed by atoms with Crippen LogP contribution < -0.4 is 10.5 Å². The zero-order valence-corrected chi connectivity index (χ0v) is 27.4. The van der Waals surface area contributed by atoms with Crippen LogP contribution in [0.4, 0.5) is 39.9 Å². The van der Waals surface area contributed by atoms with E-state index in [2.05, 4.69) is 14.2 Å². The van der Waals surface area contributed by atoms with Crippen molar-refractivity contribution in [2.24, 2.45) is 11.1 Å². The Morgan fingerprint density at radius 2 is 1.29 bits per heavy atom. The van der Waals surface area contributed by atoms with Crippen LogP contribution in [0.15, 0.2) is 54.6 Å². The smallest absolute Gasteiger partial charge is 0.458 e. The van der Waals surface area contributed by atoms with E-state index < -0.39 is 101 Å². The number of esters is 3. The summed E-state index contributed by atoms with van der Waals surface area (Å²) in [5.41, 5.74) is 3.44. The highest BCUT2D eigenvalue weighted by atomic mass is 19.4. The molecule has 0 aromatic heterocycles. The summed E-state index contributed by atoms with van der Waals surface area (Å²) in [6.07, 6.45) is -8.89. The van der Waals surface area contributed by atoms with Gasteiger partial charge in [-0.25, -0.2) is 27.6 Å². The van der Waals surface area contributed by atoms with Crippen LogP contribution in [0, 0.1) is 34.5 Å². The molecule has 0 aliphatic carbocycles. The number of aliphatic hydroxyl groups excluding tert-OH is 1. The van der Waals surface area contributed by atoms with Gasteiger partial charge in [-0.15, -0.1) is 0 Å². The summed E-state index contributed by atoms with van der Waals surface area (Å²) in [6.45, 7) is 0.901. The van der Waals surface area contributed by atoms with Crippen molar-refractivity contribution in [3.63, 3.8) is 0 Å². The Labute approximate surface area is 290 Å². The van der Waals surface area contributed by atoms with Crippen molar-refractivity contribution in [2.45, 2.75) is 52.3 Å². The first kappa shape index (κ1) is 42.9. The highest BCUT2D eigenvalue weighted by Crippen LogP contribution is 2.32. The SMILES string of the molecule is CC(OC(=O)OCC(C)(CO)C(=O)Oc1c(F)c(F)c(F)c(F)c1F)C(=O)OC(C)C(=O)OCc1ccccc1.NCc1cccc(C(F)(F)F)c1. The molecule has 0 aliphatic rings. The van der Waals surface area contributed by atoms with Gasteiger partial charge in [-0.3, -0.25) is 4.79 Å². The Balaban J connectivity index is 0.000000657. The van der Waals surface area contributed by atoms with E-state index in [0.717, 1.165) is 26.0 Å². The Morgan fingerprint density at radius 1 is 0.750 bits per heavy atom. The van der Waals surface area contributed by atoms with Crippen molar-refractivity contribution in [3.05, 3.63) is 100 Å². The van der Waals surface area contributed by atoms with Crippen molar-refractivity contribution < 1.29 is 83.1 Å². The zero-order valence-electron chi connectivity index (χ0n) is 27.4. The molecule has 3 unspecified atom stereocenters. The van der Waals surface area contributed by atoms with E-state index in [9.17, 15) is 59.4 Å². The second kappa shape index (κ2) is 18.8. The fourth-order valence-corrected chi connectivity index (χ4v) is 3.54. The number of hydrogen-bond acceptors (Lipinski definition) is 11. The van der Waals surface area contributed by atoms with E-state index in [4.69, 9.17) is 15.2 Å². The number of hydrogen-bond donors (Lipinski definition) is 2. The van der Waals surface area contributed by atoms with Crippen molar-refractivity contribution in [1.29, 1.82) is 0 Å². The van der Waals surface area contributed by atoms with E-state index in [1.54, 1.807) is 36.4 Å². The number of carbonyl (C=O) groups is 4. The van der Waals surface area contributed by atoms with Crippen LogP contribution in [0.25, 0.3) is 0 Å². The van der Waals surface area contributed by atoms with E-state index in [1.165, 1.54) is 13.0 Å². The summed E-state index contributed by atoms with van der Waals surface area (Å²) in [5, 5.41) is 9.53. The average molecular weight is 754 g/mol. The number of rotatable bonds is 12. The molecule has 0 fully saturated rings. The van der Waals surface area contributed by atoms with Crippen LogP contribution in [0.3, 0.4) is 0 Å². The largest absolute Gasteiger partial charge is 0.509 e.